The summed E-state index contributed by atoms with van der Waals surface area (Å²) in [5.41, 5.74) is 0.966. The molecule has 20 heavy (non-hydrogen) atoms. The van der Waals surface area contributed by atoms with Crippen molar-refractivity contribution in [3.8, 4) is 0 Å². The molecule has 1 aromatic heterocycles. The molecule has 0 unspecified atom stereocenters. The Balaban J connectivity index is 2.19. The van der Waals surface area contributed by atoms with Gasteiger partial charge < -0.3 is 10.2 Å². The lowest BCUT2D eigenvalue weighted by Gasteiger charge is -2.25. The minimum atomic E-state index is 0.565. The monoisotopic (exact) mass is 344 g/mol. The maximum Gasteiger partial charge on any atom is 0.169 e. The zero-order valence-electron chi connectivity index (χ0n) is 10.9. The number of nitrogens with zero attached hydrogens (tertiary/aromatic N) is 1. The first kappa shape index (κ1) is 15.6. The molecule has 0 spiro atoms. The highest BCUT2D eigenvalue weighted by Gasteiger charge is 2.13. The minimum absolute atomic E-state index is 0.565. The lowest BCUT2D eigenvalue weighted by atomic mass is 10.2. The maximum atomic E-state index is 6.25. The van der Waals surface area contributed by atoms with Crippen molar-refractivity contribution in [3.63, 3.8) is 0 Å². The van der Waals surface area contributed by atoms with Crippen LogP contribution in [0.4, 0.5) is 0 Å². The van der Waals surface area contributed by atoms with Gasteiger partial charge in [-0.15, -0.1) is 11.3 Å². The van der Waals surface area contributed by atoms with E-state index in [4.69, 9.17) is 35.4 Å². The largest absolute Gasteiger partial charge is 0.366 e. The molecule has 0 aliphatic rings. The second-order valence-corrected chi connectivity index (χ2v) is 6.41. The molecule has 106 valence electrons. The molecule has 0 fully saturated rings. The van der Waals surface area contributed by atoms with Crippen molar-refractivity contribution >= 4 is 51.9 Å². The third kappa shape index (κ3) is 3.85. The van der Waals surface area contributed by atoms with E-state index >= 15 is 0 Å². The highest BCUT2D eigenvalue weighted by Crippen LogP contribution is 2.27. The molecule has 2 aromatic rings. The molecule has 0 bridgehead atoms. The molecule has 2 rings (SSSR count). The molecular weight excluding hydrogens is 331 g/mol. The zero-order valence-corrected chi connectivity index (χ0v) is 14.0. The highest BCUT2D eigenvalue weighted by molar-refractivity contribution is 7.80. The van der Waals surface area contributed by atoms with Crippen molar-refractivity contribution in [2.75, 3.05) is 7.05 Å². The van der Waals surface area contributed by atoms with Crippen LogP contribution < -0.4 is 5.32 Å². The second-order valence-electron chi connectivity index (χ2n) is 4.20. The van der Waals surface area contributed by atoms with Crippen molar-refractivity contribution < 1.29 is 0 Å². The van der Waals surface area contributed by atoms with Crippen molar-refractivity contribution in [3.05, 3.63) is 56.2 Å². The van der Waals surface area contributed by atoms with E-state index in [-0.39, 0.29) is 0 Å². The smallest absolute Gasteiger partial charge is 0.169 e. The van der Waals surface area contributed by atoms with Crippen LogP contribution in [0.5, 0.6) is 0 Å². The Bertz CT molecular complexity index is 585. The van der Waals surface area contributed by atoms with Crippen LogP contribution in [-0.4, -0.2) is 17.1 Å². The van der Waals surface area contributed by atoms with Crippen LogP contribution in [0.3, 0.4) is 0 Å². The summed E-state index contributed by atoms with van der Waals surface area (Å²) in [4.78, 5) is 3.32. The summed E-state index contributed by atoms with van der Waals surface area (Å²) in [5.74, 6) is 0. The van der Waals surface area contributed by atoms with Gasteiger partial charge >= 0.3 is 0 Å². The third-order valence-electron chi connectivity index (χ3n) is 2.82. The Kier molecular flexibility index (Phi) is 5.66. The molecule has 0 saturated heterocycles. The van der Waals surface area contributed by atoms with Gasteiger partial charge in [-0.05, 0) is 35.3 Å². The number of rotatable bonds is 4. The van der Waals surface area contributed by atoms with Crippen LogP contribution in [0.2, 0.25) is 10.0 Å². The van der Waals surface area contributed by atoms with Gasteiger partial charge in [0.1, 0.15) is 0 Å². The molecule has 0 aliphatic carbocycles. The third-order valence-corrected chi connectivity index (χ3v) is 5.00. The molecule has 1 N–H and O–H groups in total. The normalized spacial score (nSPS) is 10.3. The van der Waals surface area contributed by atoms with E-state index in [0.717, 1.165) is 12.1 Å². The zero-order chi connectivity index (χ0) is 14.5. The van der Waals surface area contributed by atoms with Gasteiger partial charge in [-0.25, -0.2) is 0 Å². The highest BCUT2D eigenvalue weighted by atomic mass is 35.5. The van der Waals surface area contributed by atoms with Crippen molar-refractivity contribution in [1.29, 1.82) is 0 Å². The second kappa shape index (κ2) is 7.27. The number of halogens is 2. The number of benzene rings is 1. The SMILES string of the molecule is CNC(=S)N(Cc1cccs1)Cc1cccc(Cl)c1Cl. The average molecular weight is 345 g/mol. The Hall–Kier alpha value is -0.810. The molecule has 6 heteroatoms. The van der Waals surface area contributed by atoms with Gasteiger partial charge in [-0.2, -0.15) is 0 Å². The first-order chi connectivity index (χ1) is 9.61. The summed E-state index contributed by atoms with van der Waals surface area (Å²) in [6.07, 6.45) is 0. The van der Waals surface area contributed by atoms with Gasteiger partial charge in [0.25, 0.3) is 0 Å². The standard InChI is InChI=1S/C14H14Cl2N2S2/c1-17-14(19)18(9-11-5-3-7-20-11)8-10-4-2-6-12(15)13(10)16/h2-7H,8-9H2,1H3,(H,17,19). The van der Waals surface area contributed by atoms with Crippen molar-refractivity contribution in [2.24, 2.45) is 0 Å². The van der Waals surface area contributed by atoms with Gasteiger partial charge in [0, 0.05) is 18.5 Å². The molecule has 0 atom stereocenters. The van der Waals surface area contributed by atoms with E-state index < -0.39 is 0 Å². The maximum absolute atomic E-state index is 6.25. The lowest BCUT2D eigenvalue weighted by Crippen LogP contribution is -2.36. The molecule has 1 heterocycles. The topological polar surface area (TPSA) is 15.3 Å². The number of hydrogen-bond acceptors (Lipinski definition) is 2. The van der Waals surface area contributed by atoms with Gasteiger partial charge in [0.2, 0.25) is 0 Å². The van der Waals surface area contributed by atoms with E-state index in [0.29, 0.717) is 21.7 Å². The minimum Gasteiger partial charge on any atom is -0.366 e. The summed E-state index contributed by atoms with van der Waals surface area (Å²) in [6, 6.07) is 9.78. The van der Waals surface area contributed by atoms with Crippen molar-refractivity contribution in [2.45, 2.75) is 13.1 Å². The molecule has 0 radical (unpaired) electrons. The lowest BCUT2D eigenvalue weighted by molar-refractivity contribution is 0.406. The van der Waals surface area contributed by atoms with Crippen LogP contribution in [0.25, 0.3) is 0 Å². The Morgan fingerprint density at radius 1 is 1.25 bits per heavy atom. The van der Waals surface area contributed by atoms with Crippen LogP contribution >= 0.6 is 46.8 Å². The van der Waals surface area contributed by atoms with Crippen molar-refractivity contribution in [1.82, 2.24) is 10.2 Å². The van der Waals surface area contributed by atoms with Crippen LogP contribution in [0, 0.1) is 0 Å². The van der Waals surface area contributed by atoms with Crippen LogP contribution in [0.15, 0.2) is 35.7 Å². The van der Waals surface area contributed by atoms with Gasteiger partial charge in [-0.3, -0.25) is 0 Å². The van der Waals surface area contributed by atoms with Gasteiger partial charge in [0.15, 0.2) is 5.11 Å². The Morgan fingerprint density at radius 2 is 2.05 bits per heavy atom. The summed E-state index contributed by atoms with van der Waals surface area (Å²) >= 11 is 19.4. The quantitative estimate of drug-likeness (QED) is 0.818. The number of hydrogen-bond donors (Lipinski definition) is 1. The molecule has 1 aromatic carbocycles. The fourth-order valence-electron chi connectivity index (χ4n) is 1.82. The molecule has 0 amide bonds. The molecular formula is C14H14Cl2N2S2. The summed E-state index contributed by atoms with van der Waals surface area (Å²) in [5, 5.41) is 6.92. The Labute approximate surface area is 138 Å². The summed E-state index contributed by atoms with van der Waals surface area (Å²) in [6.45, 7) is 1.37. The first-order valence-electron chi connectivity index (χ1n) is 6.03. The summed E-state index contributed by atoms with van der Waals surface area (Å²) in [7, 11) is 1.82. The fourth-order valence-corrected chi connectivity index (χ4v) is 3.05. The van der Waals surface area contributed by atoms with E-state index in [1.54, 1.807) is 17.4 Å². The fraction of sp³-hybridized carbons (Fsp3) is 0.214. The molecule has 0 saturated carbocycles. The first-order valence-corrected chi connectivity index (χ1v) is 8.08. The van der Waals surface area contributed by atoms with Gasteiger partial charge in [0.05, 0.1) is 16.6 Å². The average Bonchev–Trinajstić information content (AvgIpc) is 2.95. The van der Waals surface area contributed by atoms with Crippen LogP contribution in [-0.2, 0) is 13.1 Å². The van der Waals surface area contributed by atoms with E-state index in [2.05, 4.69) is 21.7 Å². The van der Waals surface area contributed by atoms with E-state index in [1.807, 2.05) is 25.2 Å². The predicted octanol–water partition coefficient (Wildman–Crippen LogP) is 4.56. The Morgan fingerprint density at radius 3 is 2.70 bits per heavy atom. The van der Waals surface area contributed by atoms with E-state index in [9.17, 15) is 0 Å². The number of thiophene rings is 1. The number of thiocarbonyl (C=S) groups is 1. The number of nitrogens with one attached hydrogen (secondary N) is 1. The summed E-state index contributed by atoms with van der Waals surface area (Å²) < 4.78 is 0. The van der Waals surface area contributed by atoms with Crippen LogP contribution in [0.1, 0.15) is 10.4 Å². The molecule has 0 aliphatic heterocycles. The van der Waals surface area contributed by atoms with Gasteiger partial charge in [-0.1, -0.05) is 41.4 Å². The molecule has 2 nitrogen and oxygen atoms in total. The predicted molar refractivity (Wildman–Crippen MR) is 91.7 cm³/mol. The van der Waals surface area contributed by atoms with E-state index in [1.165, 1.54) is 4.88 Å².